The Bertz CT molecular complexity index is 1950. The Morgan fingerprint density at radius 3 is 2.66 bits per heavy atom. The Hall–Kier alpha value is -2.99. The Balaban J connectivity index is 1.08. The van der Waals surface area contributed by atoms with Crippen LogP contribution in [0.5, 0.6) is 0 Å². The fraction of sp³-hybridized carbons (Fsp3) is 0.625. The predicted octanol–water partition coefficient (Wildman–Crippen LogP) is 3.24. The second-order valence-corrected chi connectivity index (χ2v) is 17.5. The van der Waals surface area contributed by atoms with Gasteiger partial charge in [0.15, 0.2) is 5.72 Å². The standard InChI is InChI=1S/C40H46N4O6/c1-4-36-20-35-17-22(32(46)48-3)29-37(34(35)47,23-9-5-7-11-26(23)41-29)13-16-44(35)30(36)25-18-38(21(2)45)31-28(49-31)19-43-15-14-39(33(38)43)24-10-6-8-12-27(24)42-40(25,39)50-36/h5-12,21,25,28,30-31,33-34,41-42,45,47H,4,13-20H2,1-3H3/t21-,25-,28+,30-,31+,33-,34+,35-,36-,37+,38-,39+,40+/m0/s1. The SMILES string of the molecule is CC[C@]12C[C@]34CC(C(=O)OC)=C5Nc6ccccc6[C@@]5(CCN3[C@H]1[C@@H]1C[C@]3([C@H](C)O)[C@@H]5O[C@@H]5CN5CC[C@@]6(c7ccccc7N[C@@]16O2)[C@@H]53)[C@@H]4O. The van der Waals surface area contributed by atoms with E-state index < -0.39 is 39.9 Å². The second kappa shape index (κ2) is 8.78. The molecule has 0 unspecified atom stereocenters. The molecule has 12 rings (SSSR count). The lowest BCUT2D eigenvalue weighted by Gasteiger charge is -2.64. The lowest BCUT2D eigenvalue weighted by Crippen LogP contribution is -2.77. The molecule has 4 N–H and O–H groups in total. The van der Waals surface area contributed by atoms with Crippen LogP contribution in [0.4, 0.5) is 11.4 Å². The van der Waals surface area contributed by atoms with E-state index in [1.807, 2.05) is 19.1 Å². The molecule has 2 aromatic carbocycles. The molecule has 262 valence electrons. The van der Waals surface area contributed by atoms with Crippen LogP contribution in [-0.2, 0) is 29.8 Å². The zero-order valence-corrected chi connectivity index (χ0v) is 28.9. The molecule has 10 heteroatoms. The summed E-state index contributed by atoms with van der Waals surface area (Å²) in [5.74, 6) is -0.325. The summed E-state index contributed by atoms with van der Waals surface area (Å²) in [5, 5.41) is 32.9. The number of esters is 1. The molecule has 50 heavy (non-hydrogen) atoms. The number of nitrogens with one attached hydrogen (secondary N) is 2. The molecule has 13 atom stereocenters. The van der Waals surface area contributed by atoms with Crippen molar-refractivity contribution < 1.29 is 29.2 Å². The maximum Gasteiger partial charge on any atom is 0.335 e. The maximum atomic E-state index is 13.8. The number of hydrogen-bond donors (Lipinski definition) is 4. The predicted molar refractivity (Wildman–Crippen MR) is 183 cm³/mol. The third-order valence-electron chi connectivity index (χ3n) is 16.4. The Labute approximate surface area is 292 Å². The molecule has 10 aliphatic rings. The molecule has 6 saturated heterocycles. The van der Waals surface area contributed by atoms with Gasteiger partial charge in [-0.2, -0.15) is 0 Å². The minimum absolute atomic E-state index is 0.00478. The molecule has 7 fully saturated rings. The summed E-state index contributed by atoms with van der Waals surface area (Å²) < 4.78 is 20.1. The van der Waals surface area contributed by atoms with Crippen LogP contribution < -0.4 is 10.6 Å². The van der Waals surface area contributed by atoms with Gasteiger partial charge in [0.1, 0.15) is 0 Å². The minimum Gasteiger partial charge on any atom is -0.466 e. The molecule has 1 saturated carbocycles. The van der Waals surface area contributed by atoms with Crippen molar-refractivity contribution in [2.75, 3.05) is 37.4 Å². The first-order chi connectivity index (χ1) is 24.2. The third-order valence-corrected chi connectivity index (χ3v) is 16.4. The third kappa shape index (κ3) is 2.75. The molecule has 4 spiro atoms. The van der Waals surface area contributed by atoms with Crippen molar-refractivity contribution in [3.8, 4) is 0 Å². The Morgan fingerprint density at radius 2 is 1.88 bits per heavy atom. The van der Waals surface area contributed by atoms with Gasteiger partial charge in [-0.15, -0.1) is 0 Å². The van der Waals surface area contributed by atoms with E-state index in [4.69, 9.17) is 14.2 Å². The van der Waals surface area contributed by atoms with Crippen LogP contribution in [0.25, 0.3) is 0 Å². The van der Waals surface area contributed by atoms with E-state index in [1.165, 1.54) is 12.7 Å². The maximum absolute atomic E-state index is 13.8. The first-order valence-electron chi connectivity index (χ1n) is 19.0. The number of nitrogens with zero attached hydrogens (tertiary/aromatic N) is 2. The van der Waals surface area contributed by atoms with E-state index in [9.17, 15) is 15.0 Å². The fourth-order valence-corrected chi connectivity index (χ4v) is 14.9. The highest BCUT2D eigenvalue weighted by molar-refractivity contribution is 5.93. The molecule has 0 radical (unpaired) electrons. The summed E-state index contributed by atoms with van der Waals surface area (Å²) in [4.78, 5) is 19.0. The monoisotopic (exact) mass is 678 g/mol. The van der Waals surface area contributed by atoms with Crippen molar-refractivity contribution >= 4 is 17.3 Å². The number of benzene rings is 2. The zero-order valence-electron chi connectivity index (χ0n) is 28.9. The lowest BCUT2D eigenvalue weighted by molar-refractivity contribution is -0.209. The number of piperidine rings is 2. The first kappa shape index (κ1) is 29.6. The number of hydrogen-bond acceptors (Lipinski definition) is 10. The summed E-state index contributed by atoms with van der Waals surface area (Å²) in [5.41, 5.74) is 2.37. The van der Waals surface area contributed by atoms with Crippen LogP contribution in [0.3, 0.4) is 0 Å². The number of para-hydroxylation sites is 2. The molecule has 2 bridgehead atoms. The lowest BCUT2D eigenvalue weighted by atomic mass is 9.46. The smallest absolute Gasteiger partial charge is 0.335 e. The van der Waals surface area contributed by atoms with Crippen LogP contribution in [0, 0.1) is 11.3 Å². The number of aliphatic hydroxyl groups is 2. The van der Waals surface area contributed by atoms with Gasteiger partial charge in [0.2, 0.25) is 0 Å². The molecule has 8 aliphatic heterocycles. The summed E-state index contributed by atoms with van der Waals surface area (Å²) in [7, 11) is 1.46. The summed E-state index contributed by atoms with van der Waals surface area (Å²) in [6, 6.07) is 17.1. The largest absolute Gasteiger partial charge is 0.466 e. The quantitative estimate of drug-likeness (QED) is 0.285. The van der Waals surface area contributed by atoms with Gasteiger partial charge in [-0.05, 0) is 68.8 Å². The summed E-state index contributed by atoms with van der Waals surface area (Å²) >= 11 is 0. The van der Waals surface area contributed by atoms with Crippen LogP contribution in [0.15, 0.2) is 59.8 Å². The molecular weight excluding hydrogens is 632 g/mol. The van der Waals surface area contributed by atoms with Crippen molar-refractivity contribution in [2.24, 2.45) is 11.3 Å². The number of ether oxygens (including phenoxy) is 3. The van der Waals surface area contributed by atoms with Gasteiger partial charge in [0, 0.05) is 60.0 Å². The number of fused-ring (bicyclic) bond motifs is 7. The highest BCUT2D eigenvalue weighted by atomic mass is 16.6. The van der Waals surface area contributed by atoms with E-state index in [0.717, 1.165) is 61.5 Å². The van der Waals surface area contributed by atoms with Gasteiger partial charge >= 0.3 is 5.97 Å². The van der Waals surface area contributed by atoms with Crippen molar-refractivity contribution in [3.63, 3.8) is 0 Å². The number of methoxy groups -OCH3 is 1. The average Bonchev–Trinajstić information content (AvgIpc) is 3.34. The molecule has 0 aromatic heterocycles. The van der Waals surface area contributed by atoms with E-state index >= 15 is 0 Å². The van der Waals surface area contributed by atoms with Crippen molar-refractivity contribution in [1.82, 2.24) is 9.80 Å². The van der Waals surface area contributed by atoms with Gasteiger partial charge in [-0.3, -0.25) is 9.80 Å². The van der Waals surface area contributed by atoms with Gasteiger partial charge in [-0.1, -0.05) is 43.3 Å². The van der Waals surface area contributed by atoms with Gasteiger partial charge in [0.25, 0.3) is 0 Å². The van der Waals surface area contributed by atoms with Gasteiger partial charge in [0.05, 0.1) is 59.1 Å². The highest BCUT2D eigenvalue weighted by Crippen LogP contribution is 2.78. The second-order valence-electron chi connectivity index (χ2n) is 17.5. The topological polar surface area (TPSA) is 119 Å². The van der Waals surface area contributed by atoms with Crippen LogP contribution in [-0.4, -0.2) is 106 Å². The van der Waals surface area contributed by atoms with Gasteiger partial charge in [-0.25, -0.2) is 4.79 Å². The summed E-state index contributed by atoms with van der Waals surface area (Å²) in [6.07, 6.45) is 3.03. The van der Waals surface area contributed by atoms with E-state index in [2.05, 4.69) is 63.8 Å². The van der Waals surface area contributed by atoms with Crippen molar-refractivity contribution in [3.05, 3.63) is 70.9 Å². The molecule has 8 heterocycles. The normalized spacial score (nSPS) is 49.9. The molecule has 0 amide bonds. The highest BCUT2D eigenvalue weighted by Gasteiger charge is 2.88. The van der Waals surface area contributed by atoms with Gasteiger partial charge < -0.3 is 35.1 Å². The van der Waals surface area contributed by atoms with E-state index in [-0.39, 0.29) is 41.6 Å². The number of epoxide rings is 1. The molecule has 10 nitrogen and oxygen atoms in total. The minimum atomic E-state index is -0.755. The van der Waals surface area contributed by atoms with Crippen LogP contribution >= 0.6 is 0 Å². The Kier molecular flexibility index (Phi) is 5.20. The van der Waals surface area contributed by atoms with E-state index in [1.54, 1.807) is 0 Å². The average molecular weight is 679 g/mol. The van der Waals surface area contributed by atoms with Crippen molar-refractivity contribution in [2.45, 2.75) is 117 Å². The van der Waals surface area contributed by atoms with Crippen LogP contribution in [0.2, 0.25) is 0 Å². The summed E-state index contributed by atoms with van der Waals surface area (Å²) in [6.45, 7) is 6.88. The number of aliphatic hydroxyl groups excluding tert-OH is 2. The number of carbonyl (C=O) groups excluding carboxylic acids is 1. The molecular formula is C40H46N4O6. The number of anilines is 2. The van der Waals surface area contributed by atoms with E-state index in [0.29, 0.717) is 24.8 Å². The fourth-order valence-electron chi connectivity index (χ4n) is 14.9. The Morgan fingerprint density at radius 1 is 1.10 bits per heavy atom. The zero-order chi connectivity index (χ0) is 33.8. The first-order valence-corrected chi connectivity index (χ1v) is 19.0. The van der Waals surface area contributed by atoms with Crippen molar-refractivity contribution in [1.29, 1.82) is 0 Å². The van der Waals surface area contributed by atoms with Crippen LogP contribution in [0.1, 0.15) is 63.5 Å². The molecule has 2 aliphatic carbocycles. The number of rotatable bonds is 3. The number of carbonyl (C=O) groups is 1. The molecule has 2 aromatic rings.